The number of hydrogen-bond acceptors (Lipinski definition) is 4. The Kier molecular flexibility index (Phi) is 6.53. The topological polar surface area (TPSA) is 41.9 Å². The lowest BCUT2D eigenvalue weighted by molar-refractivity contribution is 0.0592. The lowest BCUT2D eigenvalue weighted by atomic mass is 9.87. The van der Waals surface area contributed by atoms with Crippen molar-refractivity contribution in [3.8, 4) is 11.5 Å². The van der Waals surface area contributed by atoms with E-state index in [0.717, 1.165) is 56.0 Å². The standard InChI is InChI=1S/C22H29NO3/c1-25-20-7-3-17(4-8-20)11-14-23-15-12-19(13-16-23)22(24)18-5-9-21(26-2)10-6-18/h3-10,19,22,24H,11-16H2,1-2H3. The molecule has 0 spiro atoms. The molecule has 2 aromatic carbocycles. The molecule has 26 heavy (non-hydrogen) atoms. The lowest BCUT2D eigenvalue weighted by Gasteiger charge is -2.34. The zero-order chi connectivity index (χ0) is 18.4. The van der Waals surface area contributed by atoms with Crippen molar-refractivity contribution in [1.82, 2.24) is 4.90 Å². The van der Waals surface area contributed by atoms with Crippen LogP contribution in [0, 0.1) is 5.92 Å². The van der Waals surface area contributed by atoms with Crippen LogP contribution < -0.4 is 9.47 Å². The zero-order valence-electron chi connectivity index (χ0n) is 15.7. The summed E-state index contributed by atoms with van der Waals surface area (Å²) in [6, 6.07) is 16.1. The molecule has 1 N–H and O–H groups in total. The molecule has 0 aromatic heterocycles. The van der Waals surface area contributed by atoms with Crippen LogP contribution in [0.1, 0.15) is 30.1 Å². The molecule has 140 valence electrons. The number of aliphatic hydroxyl groups is 1. The van der Waals surface area contributed by atoms with E-state index in [1.54, 1.807) is 14.2 Å². The smallest absolute Gasteiger partial charge is 0.118 e. The van der Waals surface area contributed by atoms with Crippen molar-refractivity contribution in [3.05, 3.63) is 59.7 Å². The third kappa shape index (κ3) is 4.77. The van der Waals surface area contributed by atoms with Crippen LogP contribution in [-0.4, -0.2) is 43.9 Å². The van der Waals surface area contributed by atoms with Crippen LogP contribution >= 0.6 is 0 Å². The Labute approximate surface area is 156 Å². The molecule has 1 aliphatic rings. The van der Waals surface area contributed by atoms with E-state index in [1.165, 1.54) is 5.56 Å². The summed E-state index contributed by atoms with van der Waals surface area (Å²) in [5.74, 6) is 2.07. The highest BCUT2D eigenvalue weighted by Crippen LogP contribution is 2.31. The number of ether oxygens (including phenoxy) is 2. The predicted octanol–water partition coefficient (Wildman–Crippen LogP) is 3.69. The molecule has 3 rings (SSSR count). The van der Waals surface area contributed by atoms with Gasteiger partial charge in [-0.05, 0) is 73.7 Å². The SMILES string of the molecule is COc1ccc(CCN2CCC(C(O)c3ccc(OC)cc3)CC2)cc1. The number of methoxy groups -OCH3 is 2. The molecule has 1 atom stereocenters. The van der Waals surface area contributed by atoms with Gasteiger partial charge in [0.1, 0.15) is 11.5 Å². The van der Waals surface area contributed by atoms with Gasteiger partial charge in [0.15, 0.2) is 0 Å². The van der Waals surface area contributed by atoms with Gasteiger partial charge < -0.3 is 19.5 Å². The Morgan fingerprint density at radius 2 is 1.46 bits per heavy atom. The molecular weight excluding hydrogens is 326 g/mol. The van der Waals surface area contributed by atoms with E-state index in [-0.39, 0.29) is 6.10 Å². The first kappa shape index (κ1) is 18.7. The van der Waals surface area contributed by atoms with Crippen molar-refractivity contribution < 1.29 is 14.6 Å². The van der Waals surface area contributed by atoms with Gasteiger partial charge in [0.2, 0.25) is 0 Å². The van der Waals surface area contributed by atoms with E-state index in [1.807, 2.05) is 36.4 Å². The van der Waals surface area contributed by atoms with E-state index in [0.29, 0.717) is 5.92 Å². The first-order chi connectivity index (χ1) is 12.7. The Morgan fingerprint density at radius 1 is 0.923 bits per heavy atom. The summed E-state index contributed by atoms with van der Waals surface area (Å²) in [7, 11) is 3.35. The molecule has 1 saturated heterocycles. The van der Waals surface area contributed by atoms with Crippen LogP contribution in [0.3, 0.4) is 0 Å². The number of likely N-dealkylation sites (tertiary alicyclic amines) is 1. The largest absolute Gasteiger partial charge is 0.497 e. The molecule has 4 nitrogen and oxygen atoms in total. The molecule has 0 aliphatic carbocycles. The highest BCUT2D eigenvalue weighted by Gasteiger charge is 2.26. The molecule has 1 aliphatic heterocycles. The molecule has 0 amide bonds. The average Bonchev–Trinajstić information content (AvgIpc) is 2.72. The van der Waals surface area contributed by atoms with Gasteiger partial charge in [-0.2, -0.15) is 0 Å². The van der Waals surface area contributed by atoms with Gasteiger partial charge in [-0.1, -0.05) is 24.3 Å². The second-order valence-corrected chi connectivity index (χ2v) is 7.00. The van der Waals surface area contributed by atoms with Gasteiger partial charge in [-0.3, -0.25) is 0 Å². The van der Waals surface area contributed by atoms with Crippen LogP contribution in [0.25, 0.3) is 0 Å². The van der Waals surface area contributed by atoms with Gasteiger partial charge in [-0.25, -0.2) is 0 Å². The average molecular weight is 355 g/mol. The normalized spacial score (nSPS) is 17.0. The minimum absolute atomic E-state index is 0.334. The van der Waals surface area contributed by atoms with Crippen LogP contribution in [0.5, 0.6) is 11.5 Å². The fraction of sp³-hybridized carbons (Fsp3) is 0.455. The van der Waals surface area contributed by atoms with E-state index >= 15 is 0 Å². The van der Waals surface area contributed by atoms with Gasteiger partial charge in [0.05, 0.1) is 20.3 Å². The Hall–Kier alpha value is -2.04. The van der Waals surface area contributed by atoms with Crippen LogP contribution in [0.2, 0.25) is 0 Å². The Morgan fingerprint density at radius 3 is 2.00 bits per heavy atom. The molecule has 0 bridgehead atoms. The number of nitrogens with zero attached hydrogens (tertiary/aromatic N) is 1. The fourth-order valence-corrected chi connectivity index (χ4v) is 3.64. The number of benzene rings is 2. The van der Waals surface area contributed by atoms with Crippen LogP contribution in [0.15, 0.2) is 48.5 Å². The zero-order valence-corrected chi connectivity index (χ0v) is 15.7. The maximum absolute atomic E-state index is 10.7. The second kappa shape index (κ2) is 9.06. The Bertz CT molecular complexity index is 661. The fourth-order valence-electron chi connectivity index (χ4n) is 3.64. The summed E-state index contributed by atoms with van der Waals surface area (Å²) in [5, 5.41) is 10.7. The maximum Gasteiger partial charge on any atom is 0.118 e. The minimum Gasteiger partial charge on any atom is -0.497 e. The summed E-state index contributed by atoms with van der Waals surface area (Å²) in [6.45, 7) is 3.17. The summed E-state index contributed by atoms with van der Waals surface area (Å²) in [5.41, 5.74) is 2.33. The third-order valence-corrected chi connectivity index (χ3v) is 5.41. The van der Waals surface area contributed by atoms with E-state index in [4.69, 9.17) is 9.47 Å². The molecule has 2 aromatic rings. The molecule has 1 unspecified atom stereocenters. The molecule has 0 radical (unpaired) electrons. The van der Waals surface area contributed by atoms with Crippen LogP contribution in [0.4, 0.5) is 0 Å². The summed E-state index contributed by atoms with van der Waals surface area (Å²) in [4.78, 5) is 2.50. The van der Waals surface area contributed by atoms with E-state index < -0.39 is 0 Å². The lowest BCUT2D eigenvalue weighted by Crippen LogP contribution is -2.36. The quantitative estimate of drug-likeness (QED) is 0.822. The molecular formula is C22H29NO3. The van der Waals surface area contributed by atoms with Gasteiger partial charge in [-0.15, -0.1) is 0 Å². The second-order valence-electron chi connectivity index (χ2n) is 7.00. The van der Waals surface area contributed by atoms with Crippen molar-refractivity contribution in [1.29, 1.82) is 0 Å². The van der Waals surface area contributed by atoms with E-state index in [2.05, 4.69) is 17.0 Å². The first-order valence-electron chi connectivity index (χ1n) is 9.37. The van der Waals surface area contributed by atoms with E-state index in [9.17, 15) is 5.11 Å². The van der Waals surface area contributed by atoms with Crippen LogP contribution in [-0.2, 0) is 6.42 Å². The highest BCUT2D eigenvalue weighted by molar-refractivity contribution is 5.29. The summed E-state index contributed by atoms with van der Waals surface area (Å²) < 4.78 is 10.4. The number of piperidine rings is 1. The molecule has 0 saturated carbocycles. The number of rotatable bonds is 7. The Balaban J connectivity index is 1.45. The monoisotopic (exact) mass is 355 g/mol. The van der Waals surface area contributed by atoms with Gasteiger partial charge in [0.25, 0.3) is 0 Å². The summed E-state index contributed by atoms with van der Waals surface area (Å²) in [6.07, 6.45) is 2.74. The summed E-state index contributed by atoms with van der Waals surface area (Å²) >= 11 is 0. The van der Waals surface area contributed by atoms with Crippen molar-refractivity contribution in [2.45, 2.75) is 25.4 Å². The first-order valence-corrected chi connectivity index (χ1v) is 9.37. The van der Waals surface area contributed by atoms with Crippen molar-refractivity contribution in [2.24, 2.45) is 5.92 Å². The molecule has 1 heterocycles. The number of aliphatic hydroxyl groups excluding tert-OH is 1. The minimum atomic E-state index is -0.385. The maximum atomic E-state index is 10.7. The van der Waals surface area contributed by atoms with Crippen molar-refractivity contribution in [2.75, 3.05) is 33.9 Å². The van der Waals surface area contributed by atoms with Crippen molar-refractivity contribution >= 4 is 0 Å². The highest BCUT2D eigenvalue weighted by atomic mass is 16.5. The third-order valence-electron chi connectivity index (χ3n) is 5.41. The predicted molar refractivity (Wildman–Crippen MR) is 104 cm³/mol. The molecule has 1 fully saturated rings. The molecule has 4 heteroatoms. The van der Waals surface area contributed by atoms with Crippen molar-refractivity contribution in [3.63, 3.8) is 0 Å². The van der Waals surface area contributed by atoms with Gasteiger partial charge >= 0.3 is 0 Å². The number of hydrogen-bond donors (Lipinski definition) is 1. The van der Waals surface area contributed by atoms with Gasteiger partial charge in [0, 0.05) is 6.54 Å².